The number of pyridine rings is 1. The van der Waals surface area contributed by atoms with Crippen LogP contribution in [0.1, 0.15) is 12.1 Å². The molecule has 3 amide bonds. The van der Waals surface area contributed by atoms with Crippen molar-refractivity contribution in [2.45, 2.75) is 12.8 Å². The van der Waals surface area contributed by atoms with Gasteiger partial charge in [-0.2, -0.15) is 8.42 Å². The van der Waals surface area contributed by atoms with Crippen LogP contribution in [0.3, 0.4) is 0 Å². The maximum Gasteiger partial charge on any atom is 0.328 e. The molecule has 1 aliphatic rings. The van der Waals surface area contributed by atoms with Crippen molar-refractivity contribution in [2.24, 2.45) is 0 Å². The van der Waals surface area contributed by atoms with Crippen LogP contribution >= 0.6 is 0 Å². The van der Waals surface area contributed by atoms with Crippen LogP contribution in [-0.4, -0.2) is 42.2 Å². The molecule has 1 aromatic heterocycles. The number of imide groups is 1. The molecule has 8 nitrogen and oxygen atoms in total. The molecule has 0 unspecified atom stereocenters. The number of urea groups is 1. The Balaban J connectivity index is 2.15. The van der Waals surface area contributed by atoms with Gasteiger partial charge in [0.05, 0.1) is 23.3 Å². The van der Waals surface area contributed by atoms with Crippen molar-refractivity contribution in [1.29, 1.82) is 0 Å². The normalized spacial score (nSPS) is 16.0. The number of halogens is 1. The van der Waals surface area contributed by atoms with E-state index in [2.05, 4.69) is 10.3 Å². The fraction of sp³-hybridized carbons (Fsp3) is 0.364. The van der Waals surface area contributed by atoms with Gasteiger partial charge >= 0.3 is 6.03 Å². The number of nitrogens with one attached hydrogen (secondary N) is 1. The fourth-order valence-electron chi connectivity index (χ4n) is 1.82. The number of nitrogens with zero attached hydrogens (tertiary/aromatic N) is 2. The van der Waals surface area contributed by atoms with Gasteiger partial charge in [-0.1, -0.05) is 0 Å². The van der Waals surface area contributed by atoms with E-state index >= 15 is 0 Å². The number of aryl methyl sites for hydroxylation is 1. The average molecular weight is 317 g/mol. The summed E-state index contributed by atoms with van der Waals surface area (Å²) in [6.45, 7) is 0.107. The van der Waals surface area contributed by atoms with Crippen LogP contribution in [0.5, 0.6) is 0 Å². The molecule has 2 rings (SSSR count). The van der Waals surface area contributed by atoms with Crippen molar-refractivity contribution in [3.8, 4) is 0 Å². The van der Waals surface area contributed by atoms with Gasteiger partial charge in [0.15, 0.2) is 0 Å². The quantitative estimate of drug-likeness (QED) is 0.761. The van der Waals surface area contributed by atoms with Crippen molar-refractivity contribution in [1.82, 2.24) is 10.3 Å². The number of rotatable bonds is 4. The van der Waals surface area contributed by atoms with Crippen LogP contribution in [0.2, 0.25) is 0 Å². The Morgan fingerprint density at radius 3 is 2.71 bits per heavy atom. The lowest BCUT2D eigenvalue weighted by atomic mass is 10.2. The average Bonchev–Trinajstić information content (AvgIpc) is 2.36. The van der Waals surface area contributed by atoms with Gasteiger partial charge in [0.2, 0.25) is 5.91 Å². The lowest BCUT2D eigenvalue weighted by Gasteiger charge is -2.26. The van der Waals surface area contributed by atoms with Crippen molar-refractivity contribution in [3.05, 3.63) is 23.8 Å². The molecule has 0 spiro atoms. The smallest absolute Gasteiger partial charge is 0.292 e. The van der Waals surface area contributed by atoms with Gasteiger partial charge < -0.3 is 0 Å². The van der Waals surface area contributed by atoms with Crippen molar-refractivity contribution in [2.75, 3.05) is 17.2 Å². The summed E-state index contributed by atoms with van der Waals surface area (Å²) in [6.07, 6.45) is 1.02. The predicted octanol–water partition coefficient (Wildman–Crippen LogP) is 0.0973. The topological polar surface area (TPSA) is 117 Å². The third kappa shape index (κ3) is 3.95. The first kappa shape index (κ1) is 15.3. The Morgan fingerprint density at radius 1 is 1.43 bits per heavy atom. The van der Waals surface area contributed by atoms with Crippen LogP contribution in [0.4, 0.5) is 14.9 Å². The van der Waals surface area contributed by atoms with E-state index in [1.807, 2.05) is 0 Å². The molecule has 1 fully saturated rings. The van der Waals surface area contributed by atoms with Gasteiger partial charge in [0.1, 0.15) is 5.82 Å². The van der Waals surface area contributed by atoms with E-state index in [0.29, 0.717) is 0 Å². The summed E-state index contributed by atoms with van der Waals surface area (Å²) in [5, 5.41) is 2.09. The van der Waals surface area contributed by atoms with Gasteiger partial charge in [-0.05, 0) is 0 Å². The molecule has 0 aromatic carbocycles. The predicted molar refractivity (Wildman–Crippen MR) is 69.8 cm³/mol. The van der Waals surface area contributed by atoms with Crippen molar-refractivity contribution < 1.29 is 27.0 Å². The van der Waals surface area contributed by atoms with E-state index in [-0.39, 0.29) is 30.8 Å². The summed E-state index contributed by atoms with van der Waals surface area (Å²) < 4.78 is 43.7. The first-order valence-electron chi connectivity index (χ1n) is 5.97. The van der Waals surface area contributed by atoms with Crippen molar-refractivity contribution >= 4 is 27.7 Å². The molecule has 0 radical (unpaired) electrons. The zero-order chi connectivity index (χ0) is 15.6. The zero-order valence-electron chi connectivity index (χ0n) is 10.7. The van der Waals surface area contributed by atoms with E-state index in [9.17, 15) is 22.4 Å². The molecular formula is C11H12FN3O5S. The summed E-state index contributed by atoms with van der Waals surface area (Å²) >= 11 is 0. The fourth-order valence-corrected chi connectivity index (χ4v) is 2.28. The van der Waals surface area contributed by atoms with E-state index in [0.717, 1.165) is 11.0 Å². The molecule has 21 heavy (non-hydrogen) atoms. The Kier molecular flexibility index (Phi) is 4.19. The van der Waals surface area contributed by atoms with Crippen LogP contribution in [0.15, 0.2) is 12.3 Å². The zero-order valence-corrected chi connectivity index (χ0v) is 11.6. The molecule has 2 heterocycles. The van der Waals surface area contributed by atoms with Crippen LogP contribution in [0, 0.1) is 5.82 Å². The summed E-state index contributed by atoms with van der Waals surface area (Å²) in [5.74, 6) is -1.84. The summed E-state index contributed by atoms with van der Waals surface area (Å²) in [7, 11) is -4.20. The van der Waals surface area contributed by atoms with Gasteiger partial charge in [-0.15, -0.1) is 0 Å². The maximum absolute atomic E-state index is 13.8. The van der Waals surface area contributed by atoms with E-state index in [1.54, 1.807) is 0 Å². The number of carbonyl (C=O) groups excluding carboxylic acids is 2. The number of hydrogen-bond donors (Lipinski definition) is 2. The van der Waals surface area contributed by atoms with E-state index in [4.69, 9.17) is 4.55 Å². The molecule has 10 heteroatoms. The maximum atomic E-state index is 13.8. The molecular weight excluding hydrogens is 305 g/mol. The number of carbonyl (C=O) groups is 2. The Hall–Kier alpha value is -2.07. The third-order valence-corrected chi connectivity index (χ3v) is 3.59. The van der Waals surface area contributed by atoms with Gasteiger partial charge in [0.25, 0.3) is 10.1 Å². The SMILES string of the molecule is O=C1CCN(c2cnc(CCS(=O)(=O)O)c(F)c2)C(=O)N1. The van der Waals surface area contributed by atoms with Gasteiger partial charge in [0, 0.05) is 25.5 Å². The third-order valence-electron chi connectivity index (χ3n) is 2.87. The second-order valence-electron chi connectivity index (χ2n) is 4.41. The second-order valence-corrected chi connectivity index (χ2v) is 5.99. The molecule has 0 atom stereocenters. The molecule has 0 bridgehead atoms. The Bertz CT molecular complexity index is 691. The van der Waals surface area contributed by atoms with Crippen molar-refractivity contribution in [3.63, 3.8) is 0 Å². The van der Waals surface area contributed by atoms with Gasteiger partial charge in [-0.3, -0.25) is 24.5 Å². The highest BCUT2D eigenvalue weighted by Gasteiger charge is 2.25. The van der Waals surface area contributed by atoms with Crippen LogP contribution in [-0.2, 0) is 21.3 Å². The highest BCUT2D eigenvalue weighted by atomic mass is 32.2. The Morgan fingerprint density at radius 2 is 2.14 bits per heavy atom. The largest absolute Gasteiger partial charge is 0.328 e. The van der Waals surface area contributed by atoms with Gasteiger partial charge in [-0.25, -0.2) is 9.18 Å². The summed E-state index contributed by atoms with van der Waals surface area (Å²) in [6, 6.07) is 0.361. The van der Waals surface area contributed by atoms with Crippen LogP contribution in [0.25, 0.3) is 0 Å². The Labute approximate surface area is 119 Å². The first-order valence-corrected chi connectivity index (χ1v) is 7.58. The number of amides is 3. The monoisotopic (exact) mass is 317 g/mol. The summed E-state index contributed by atoms with van der Waals surface area (Å²) in [4.78, 5) is 27.5. The molecule has 0 aliphatic carbocycles. The molecule has 1 aromatic rings. The molecule has 2 N–H and O–H groups in total. The highest BCUT2D eigenvalue weighted by molar-refractivity contribution is 7.85. The number of aromatic nitrogens is 1. The minimum atomic E-state index is -4.20. The summed E-state index contributed by atoms with van der Waals surface area (Å²) in [5.41, 5.74) is 0.0259. The second kappa shape index (κ2) is 5.74. The first-order chi connectivity index (χ1) is 9.76. The standard InChI is InChI=1S/C11H12FN3O5S/c12-8-5-7(15-3-1-10(16)14-11(15)17)6-13-9(8)2-4-21(18,19)20/h5-6H,1-4H2,(H,14,16,17)(H,18,19,20). The lowest BCUT2D eigenvalue weighted by Crippen LogP contribution is -2.49. The molecule has 0 saturated carbocycles. The molecule has 1 aliphatic heterocycles. The highest BCUT2D eigenvalue weighted by Crippen LogP contribution is 2.19. The molecule has 114 valence electrons. The van der Waals surface area contributed by atoms with E-state index in [1.165, 1.54) is 6.20 Å². The minimum Gasteiger partial charge on any atom is -0.292 e. The van der Waals surface area contributed by atoms with Crippen LogP contribution < -0.4 is 10.2 Å². The lowest BCUT2D eigenvalue weighted by molar-refractivity contribution is -0.120. The van der Waals surface area contributed by atoms with E-state index < -0.39 is 33.6 Å². The minimum absolute atomic E-state index is 0.0951. The number of hydrogen-bond acceptors (Lipinski definition) is 5. The number of anilines is 1. The molecule has 1 saturated heterocycles.